The lowest BCUT2D eigenvalue weighted by molar-refractivity contribution is 0.724. The number of nitrogens with one attached hydrogen (secondary N) is 3. The average molecular weight is 364 g/mol. The number of para-hydroxylation sites is 2. The van der Waals surface area contributed by atoms with Crippen LogP contribution in [0, 0.1) is 13.8 Å². The van der Waals surface area contributed by atoms with Crippen LogP contribution < -0.4 is 10.6 Å². The maximum atomic E-state index is 4.62. The summed E-state index contributed by atoms with van der Waals surface area (Å²) < 4.78 is 0. The zero-order valence-corrected chi connectivity index (χ0v) is 16.5. The summed E-state index contributed by atoms with van der Waals surface area (Å²) in [5.41, 5.74) is 6.13. The Morgan fingerprint density at radius 2 is 1.74 bits per heavy atom. The predicted octanol–water partition coefficient (Wildman–Crippen LogP) is 3.52. The molecule has 0 fully saturated rings. The van der Waals surface area contributed by atoms with Crippen LogP contribution in [0.4, 0.5) is 0 Å². The summed E-state index contributed by atoms with van der Waals surface area (Å²) >= 11 is 0. The third kappa shape index (κ3) is 5.58. The lowest BCUT2D eigenvalue weighted by Gasteiger charge is -2.12. The quantitative estimate of drug-likeness (QED) is 0.342. The molecule has 0 spiro atoms. The monoisotopic (exact) mass is 363 g/mol. The minimum atomic E-state index is 0.851. The number of aromatic amines is 1. The van der Waals surface area contributed by atoms with Gasteiger partial charge in [-0.25, -0.2) is 4.98 Å². The van der Waals surface area contributed by atoms with Crippen molar-refractivity contribution in [1.29, 1.82) is 0 Å². The molecule has 0 radical (unpaired) electrons. The topological polar surface area (TPSA) is 65.1 Å². The van der Waals surface area contributed by atoms with Gasteiger partial charge in [-0.05, 0) is 44.4 Å². The molecule has 5 heteroatoms. The first-order valence-electron chi connectivity index (χ1n) is 9.59. The molecule has 3 rings (SSSR count). The van der Waals surface area contributed by atoms with E-state index in [1.54, 1.807) is 0 Å². The van der Waals surface area contributed by atoms with Gasteiger partial charge in [0.15, 0.2) is 5.96 Å². The second-order valence-electron chi connectivity index (χ2n) is 6.98. The highest BCUT2D eigenvalue weighted by atomic mass is 15.2. The highest BCUT2D eigenvalue weighted by molar-refractivity contribution is 5.79. The minimum absolute atomic E-state index is 0.851. The van der Waals surface area contributed by atoms with Gasteiger partial charge in [0.2, 0.25) is 0 Å². The van der Waals surface area contributed by atoms with Crippen LogP contribution in [0.1, 0.15) is 28.9 Å². The van der Waals surface area contributed by atoms with E-state index in [1.807, 2.05) is 25.2 Å². The van der Waals surface area contributed by atoms with Gasteiger partial charge >= 0.3 is 0 Å². The van der Waals surface area contributed by atoms with Crippen molar-refractivity contribution in [3.63, 3.8) is 0 Å². The molecule has 0 saturated carbocycles. The summed E-state index contributed by atoms with van der Waals surface area (Å²) in [4.78, 5) is 12.3. The molecule has 3 aromatic rings. The molecular weight excluding hydrogens is 334 g/mol. The number of hydrogen-bond acceptors (Lipinski definition) is 2. The fraction of sp³-hybridized carbons (Fsp3) is 0.364. The van der Waals surface area contributed by atoms with E-state index in [1.165, 1.54) is 16.7 Å². The summed E-state index contributed by atoms with van der Waals surface area (Å²) in [5.74, 6) is 1.89. The number of benzene rings is 2. The Hall–Kier alpha value is -2.82. The molecule has 0 aliphatic heterocycles. The molecule has 27 heavy (non-hydrogen) atoms. The van der Waals surface area contributed by atoms with Crippen molar-refractivity contribution < 1.29 is 0 Å². The van der Waals surface area contributed by atoms with Crippen molar-refractivity contribution in [1.82, 2.24) is 20.6 Å². The van der Waals surface area contributed by atoms with Gasteiger partial charge in [0.1, 0.15) is 5.82 Å². The number of aromatic nitrogens is 2. The van der Waals surface area contributed by atoms with E-state index < -0.39 is 0 Å². The van der Waals surface area contributed by atoms with E-state index in [4.69, 9.17) is 0 Å². The van der Waals surface area contributed by atoms with E-state index in [2.05, 4.69) is 63.7 Å². The summed E-state index contributed by atoms with van der Waals surface area (Å²) in [6.45, 7) is 6.02. The standard InChI is InChI=1S/C22H29N5/c1-16-13-17(2)15-18(14-16)10-12-25-22(23-3)24-11-6-9-21-26-19-7-4-5-8-20(19)27-21/h4-5,7-8,13-15H,6,9-12H2,1-3H3,(H,26,27)(H2,23,24,25). The molecule has 142 valence electrons. The summed E-state index contributed by atoms with van der Waals surface area (Å²) in [6, 6.07) is 14.8. The van der Waals surface area contributed by atoms with Crippen LogP contribution in [-0.2, 0) is 12.8 Å². The molecule has 2 aromatic carbocycles. The van der Waals surface area contributed by atoms with Gasteiger partial charge in [-0.1, -0.05) is 41.5 Å². The number of hydrogen-bond donors (Lipinski definition) is 3. The number of aliphatic imine (C=N–C) groups is 1. The SMILES string of the molecule is CN=C(NCCCc1nc2ccccc2[nH]1)NCCc1cc(C)cc(C)c1. The van der Waals surface area contributed by atoms with Gasteiger partial charge in [-0.3, -0.25) is 4.99 Å². The Morgan fingerprint density at radius 3 is 2.48 bits per heavy atom. The molecule has 0 amide bonds. The van der Waals surface area contributed by atoms with Crippen LogP contribution in [0.3, 0.4) is 0 Å². The number of rotatable bonds is 7. The van der Waals surface area contributed by atoms with E-state index >= 15 is 0 Å². The van der Waals surface area contributed by atoms with Crippen LogP contribution in [0.5, 0.6) is 0 Å². The third-order valence-electron chi connectivity index (χ3n) is 4.53. The second kappa shape index (κ2) is 9.21. The number of aryl methyl sites for hydroxylation is 3. The van der Waals surface area contributed by atoms with Crippen molar-refractivity contribution in [2.24, 2.45) is 4.99 Å². The summed E-state index contributed by atoms with van der Waals surface area (Å²) in [7, 11) is 1.81. The van der Waals surface area contributed by atoms with Crippen molar-refractivity contribution in [2.45, 2.75) is 33.1 Å². The zero-order valence-electron chi connectivity index (χ0n) is 16.5. The molecule has 0 saturated heterocycles. The molecule has 1 heterocycles. The Morgan fingerprint density at radius 1 is 1.00 bits per heavy atom. The fourth-order valence-electron chi connectivity index (χ4n) is 3.35. The van der Waals surface area contributed by atoms with Crippen molar-refractivity contribution in [2.75, 3.05) is 20.1 Å². The summed E-state index contributed by atoms with van der Waals surface area (Å²) in [5, 5.41) is 6.77. The average Bonchev–Trinajstić information content (AvgIpc) is 3.05. The largest absolute Gasteiger partial charge is 0.356 e. The number of imidazole rings is 1. The zero-order chi connectivity index (χ0) is 19.1. The number of H-pyrrole nitrogens is 1. The molecule has 3 N–H and O–H groups in total. The third-order valence-corrected chi connectivity index (χ3v) is 4.53. The Labute approximate surface area is 161 Å². The maximum Gasteiger partial charge on any atom is 0.190 e. The fourth-order valence-corrected chi connectivity index (χ4v) is 3.35. The molecule has 0 aliphatic rings. The smallest absolute Gasteiger partial charge is 0.190 e. The van der Waals surface area contributed by atoms with Crippen LogP contribution in [0.15, 0.2) is 47.5 Å². The van der Waals surface area contributed by atoms with Crippen LogP contribution >= 0.6 is 0 Å². The van der Waals surface area contributed by atoms with Crippen LogP contribution in [0.25, 0.3) is 11.0 Å². The van der Waals surface area contributed by atoms with E-state index in [0.717, 1.165) is 55.2 Å². The lowest BCUT2D eigenvalue weighted by atomic mass is 10.1. The Bertz CT molecular complexity index is 857. The Kier molecular flexibility index (Phi) is 6.47. The number of fused-ring (bicyclic) bond motifs is 1. The molecule has 1 aromatic heterocycles. The van der Waals surface area contributed by atoms with Crippen LogP contribution in [-0.4, -0.2) is 36.1 Å². The first-order chi connectivity index (χ1) is 13.1. The molecule has 0 atom stereocenters. The van der Waals surface area contributed by atoms with Crippen molar-refractivity contribution in [3.05, 3.63) is 65.0 Å². The van der Waals surface area contributed by atoms with Gasteiger partial charge in [-0.2, -0.15) is 0 Å². The van der Waals surface area contributed by atoms with E-state index in [-0.39, 0.29) is 0 Å². The van der Waals surface area contributed by atoms with Crippen molar-refractivity contribution >= 4 is 17.0 Å². The molecule has 0 unspecified atom stereocenters. The highest BCUT2D eigenvalue weighted by Gasteiger charge is 2.03. The van der Waals surface area contributed by atoms with E-state index in [9.17, 15) is 0 Å². The normalized spacial score (nSPS) is 11.7. The van der Waals surface area contributed by atoms with E-state index in [0.29, 0.717) is 0 Å². The second-order valence-corrected chi connectivity index (χ2v) is 6.98. The summed E-state index contributed by atoms with van der Waals surface area (Å²) in [6.07, 6.45) is 2.90. The minimum Gasteiger partial charge on any atom is -0.356 e. The number of guanidine groups is 1. The predicted molar refractivity (Wildman–Crippen MR) is 113 cm³/mol. The molecule has 0 aliphatic carbocycles. The molecular formula is C22H29N5. The lowest BCUT2D eigenvalue weighted by Crippen LogP contribution is -2.38. The maximum absolute atomic E-state index is 4.62. The van der Waals surface area contributed by atoms with Crippen LogP contribution in [0.2, 0.25) is 0 Å². The van der Waals surface area contributed by atoms with Crippen molar-refractivity contribution in [3.8, 4) is 0 Å². The number of nitrogens with zero attached hydrogens (tertiary/aromatic N) is 2. The van der Waals surface area contributed by atoms with Gasteiger partial charge in [-0.15, -0.1) is 0 Å². The Balaban J connectivity index is 1.38. The highest BCUT2D eigenvalue weighted by Crippen LogP contribution is 2.11. The van der Waals surface area contributed by atoms with Gasteiger partial charge < -0.3 is 15.6 Å². The molecule has 0 bridgehead atoms. The van der Waals surface area contributed by atoms with Gasteiger partial charge in [0.25, 0.3) is 0 Å². The first-order valence-corrected chi connectivity index (χ1v) is 9.59. The first kappa shape index (κ1) is 19.0. The molecule has 5 nitrogen and oxygen atoms in total. The van der Waals surface area contributed by atoms with Gasteiger partial charge in [0.05, 0.1) is 11.0 Å². The van der Waals surface area contributed by atoms with Gasteiger partial charge in [0, 0.05) is 26.6 Å².